The van der Waals surface area contributed by atoms with Gasteiger partial charge in [-0.15, -0.1) is 0 Å². The number of nitro benzene ring substituents is 1. The Morgan fingerprint density at radius 1 is 1.06 bits per heavy atom. The van der Waals surface area contributed by atoms with Crippen LogP contribution >= 0.6 is 0 Å². The number of benzene rings is 3. The molecule has 31 heavy (non-hydrogen) atoms. The highest BCUT2D eigenvalue weighted by Crippen LogP contribution is 2.22. The fraction of sp³-hybridized carbons (Fsp3) is 0.125. The molecular weight excluding hydrogens is 392 g/mol. The Bertz CT molecular complexity index is 1230. The van der Waals surface area contributed by atoms with Crippen LogP contribution in [0.4, 0.5) is 5.69 Å². The summed E-state index contributed by atoms with van der Waals surface area (Å²) >= 11 is 0. The van der Waals surface area contributed by atoms with Crippen molar-refractivity contribution >= 4 is 22.8 Å². The van der Waals surface area contributed by atoms with E-state index >= 15 is 0 Å². The zero-order valence-corrected chi connectivity index (χ0v) is 17.1. The molecule has 1 heterocycles. The minimum absolute atomic E-state index is 0.0926. The number of non-ortho nitro benzene ring substituents is 1. The van der Waals surface area contributed by atoms with Gasteiger partial charge in [-0.25, -0.2) is 0 Å². The van der Waals surface area contributed by atoms with E-state index in [0.29, 0.717) is 13.1 Å². The van der Waals surface area contributed by atoms with Crippen LogP contribution < -0.4 is 10.2 Å². The van der Waals surface area contributed by atoms with E-state index in [1.807, 2.05) is 48.8 Å². The SMILES string of the molecule is COc1ccccc1CN/N=C/c1cn(Cc2ccc([N+](=O)[O-])cc2)c2ccccc12. The molecule has 0 saturated carbocycles. The number of nitrogens with one attached hydrogen (secondary N) is 1. The molecule has 4 rings (SSSR count). The van der Waals surface area contributed by atoms with Crippen molar-refractivity contribution in [2.75, 3.05) is 7.11 Å². The molecule has 1 aromatic heterocycles. The number of rotatable bonds is 8. The van der Waals surface area contributed by atoms with Gasteiger partial charge in [0.15, 0.2) is 0 Å². The lowest BCUT2D eigenvalue weighted by Crippen LogP contribution is -2.06. The molecule has 0 bridgehead atoms. The van der Waals surface area contributed by atoms with Gasteiger partial charge in [0.05, 0.1) is 24.8 Å². The molecule has 0 radical (unpaired) electrons. The molecular formula is C24H22N4O3. The summed E-state index contributed by atoms with van der Waals surface area (Å²) in [5.74, 6) is 0.824. The molecule has 0 unspecified atom stereocenters. The van der Waals surface area contributed by atoms with E-state index in [0.717, 1.165) is 33.3 Å². The fourth-order valence-corrected chi connectivity index (χ4v) is 3.52. The Morgan fingerprint density at radius 2 is 1.81 bits per heavy atom. The Morgan fingerprint density at radius 3 is 2.58 bits per heavy atom. The van der Waals surface area contributed by atoms with Crippen molar-refractivity contribution < 1.29 is 9.66 Å². The predicted molar refractivity (Wildman–Crippen MR) is 122 cm³/mol. The van der Waals surface area contributed by atoms with Gasteiger partial charge in [-0.05, 0) is 17.7 Å². The molecule has 4 aromatic rings. The van der Waals surface area contributed by atoms with Crippen LogP contribution in [0.25, 0.3) is 10.9 Å². The van der Waals surface area contributed by atoms with Crippen LogP contribution in [0.3, 0.4) is 0 Å². The van der Waals surface area contributed by atoms with Crippen LogP contribution in [-0.2, 0) is 13.1 Å². The lowest BCUT2D eigenvalue weighted by Gasteiger charge is -2.07. The first-order chi connectivity index (χ1) is 15.2. The van der Waals surface area contributed by atoms with Crippen LogP contribution in [0.15, 0.2) is 84.1 Å². The number of methoxy groups -OCH3 is 1. The Kier molecular flexibility index (Phi) is 5.93. The number of para-hydroxylation sites is 2. The first-order valence-corrected chi connectivity index (χ1v) is 9.85. The van der Waals surface area contributed by atoms with Crippen molar-refractivity contribution in [3.63, 3.8) is 0 Å². The van der Waals surface area contributed by atoms with Gasteiger partial charge in [0.1, 0.15) is 5.75 Å². The molecule has 0 atom stereocenters. The van der Waals surface area contributed by atoms with Crippen molar-refractivity contribution in [3.05, 3.63) is 106 Å². The molecule has 1 N–H and O–H groups in total. The number of hydrazone groups is 1. The monoisotopic (exact) mass is 414 g/mol. The van der Waals surface area contributed by atoms with Gasteiger partial charge in [0.25, 0.3) is 5.69 Å². The lowest BCUT2D eigenvalue weighted by molar-refractivity contribution is -0.384. The van der Waals surface area contributed by atoms with Crippen molar-refractivity contribution in [2.24, 2.45) is 5.10 Å². The molecule has 0 aliphatic heterocycles. The van der Waals surface area contributed by atoms with Crippen LogP contribution in [0.5, 0.6) is 5.75 Å². The minimum atomic E-state index is -0.387. The van der Waals surface area contributed by atoms with Gasteiger partial charge in [-0.2, -0.15) is 5.10 Å². The molecule has 0 saturated heterocycles. The van der Waals surface area contributed by atoms with E-state index in [9.17, 15) is 10.1 Å². The Labute approximate surface area is 179 Å². The van der Waals surface area contributed by atoms with Gasteiger partial charge in [-0.1, -0.05) is 48.5 Å². The van der Waals surface area contributed by atoms with Gasteiger partial charge >= 0.3 is 0 Å². The highest BCUT2D eigenvalue weighted by Gasteiger charge is 2.09. The van der Waals surface area contributed by atoms with Gasteiger partial charge in [0, 0.05) is 46.9 Å². The summed E-state index contributed by atoms with van der Waals surface area (Å²) < 4.78 is 7.49. The van der Waals surface area contributed by atoms with E-state index in [-0.39, 0.29) is 10.6 Å². The Hall–Kier alpha value is -4.13. The van der Waals surface area contributed by atoms with Gasteiger partial charge in [-0.3, -0.25) is 10.1 Å². The number of aromatic nitrogens is 1. The number of hydrogen-bond acceptors (Lipinski definition) is 5. The molecule has 7 nitrogen and oxygen atoms in total. The van der Waals surface area contributed by atoms with E-state index in [1.54, 1.807) is 19.2 Å². The standard InChI is InChI=1S/C24H22N4O3/c1-31-24-9-5-2-6-19(24)14-25-26-15-20-17-27(23-8-4-3-7-22(20)23)16-18-10-12-21(13-11-18)28(29)30/h2-13,15,17,25H,14,16H2,1H3/b26-15+. The van der Waals surface area contributed by atoms with Gasteiger partial charge < -0.3 is 14.7 Å². The molecule has 7 heteroatoms. The third-order valence-corrected chi connectivity index (χ3v) is 5.08. The molecule has 0 spiro atoms. The smallest absolute Gasteiger partial charge is 0.269 e. The van der Waals surface area contributed by atoms with Crippen molar-refractivity contribution in [3.8, 4) is 5.75 Å². The highest BCUT2D eigenvalue weighted by molar-refractivity contribution is 5.99. The van der Waals surface area contributed by atoms with Crippen molar-refractivity contribution in [2.45, 2.75) is 13.1 Å². The average molecular weight is 414 g/mol. The third-order valence-electron chi connectivity index (χ3n) is 5.08. The second kappa shape index (κ2) is 9.13. The molecule has 0 fully saturated rings. The maximum absolute atomic E-state index is 10.9. The summed E-state index contributed by atoms with van der Waals surface area (Å²) in [4.78, 5) is 10.5. The minimum Gasteiger partial charge on any atom is -0.496 e. The van der Waals surface area contributed by atoms with E-state index in [1.165, 1.54) is 12.1 Å². The second-order valence-electron chi connectivity index (χ2n) is 7.06. The summed E-state index contributed by atoms with van der Waals surface area (Å²) in [6.07, 6.45) is 3.85. The fourth-order valence-electron chi connectivity index (χ4n) is 3.52. The third kappa shape index (κ3) is 4.56. The number of fused-ring (bicyclic) bond motifs is 1. The molecule has 0 amide bonds. The first-order valence-electron chi connectivity index (χ1n) is 9.85. The summed E-state index contributed by atoms with van der Waals surface area (Å²) in [6, 6.07) is 22.6. The quantitative estimate of drug-likeness (QED) is 0.257. The largest absolute Gasteiger partial charge is 0.496 e. The molecule has 0 aliphatic carbocycles. The zero-order valence-electron chi connectivity index (χ0n) is 17.1. The Balaban J connectivity index is 1.52. The van der Waals surface area contributed by atoms with E-state index in [4.69, 9.17) is 4.74 Å². The topological polar surface area (TPSA) is 81.7 Å². The summed E-state index contributed by atoms with van der Waals surface area (Å²) in [7, 11) is 1.65. The van der Waals surface area contributed by atoms with E-state index < -0.39 is 0 Å². The normalized spacial score (nSPS) is 11.1. The zero-order chi connectivity index (χ0) is 21.6. The van der Waals surface area contributed by atoms with Crippen LogP contribution in [0, 0.1) is 10.1 Å². The molecule has 0 aliphatic rings. The second-order valence-corrected chi connectivity index (χ2v) is 7.06. The highest BCUT2D eigenvalue weighted by atomic mass is 16.6. The molecule has 156 valence electrons. The average Bonchev–Trinajstić information content (AvgIpc) is 3.15. The summed E-state index contributed by atoms with van der Waals surface area (Å²) in [5, 5.41) is 16.4. The molecule has 3 aromatic carbocycles. The lowest BCUT2D eigenvalue weighted by atomic mass is 10.2. The summed E-state index contributed by atoms with van der Waals surface area (Å²) in [5.41, 5.74) is 7.26. The number of hydrogen-bond donors (Lipinski definition) is 1. The predicted octanol–water partition coefficient (Wildman–Crippen LogP) is 4.73. The summed E-state index contributed by atoms with van der Waals surface area (Å²) in [6.45, 7) is 1.17. The maximum atomic E-state index is 10.9. The van der Waals surface area contributed by atoms with Crippen LogP contribution in [-0.4, -0.2) is 22.8 Å². The number of ether oxygens (including phenoxy) is 1. The first kappa shape index (κ1) is 20.2. The number of nitro groups is 1. The van der Waals surface area contributed by atoms with Gasteiger partial charge in [0.2, 0.25) is 0 Å². The van der Waals surface area contributed by atoms with Crippen molar-refractivity contribution in [1.29, 1.82) is 0 Å². The van der Waals surface area contributed by atoms with Crippen LogP contribution in [0.1, 0.15) is 16.7 Å². The van der Waals surface area contributed by atoms with Crippen LogP contribution in [0.2, 0.25) is 0 Å². The number of nitrogens with zero attached hydrogens (tertiary/aromatic N) is 3. The maximum Gasteiger partial charge on any atom is 0.269 e. The van der Waals surface area contributed by atoms with E-state index in [2.05, 4.69) is 27.2 Å². The van der Waals surface area contributed by atoms with Crippen molar-refractivity contribution in [1.82, 2.24) is 9.99 Å².